The Hall–Kier alpha value is -3.15. The van der Waals surface area contributed by atoms with Crippen molar-refractivity contribution in [1.82, 2.24) is 0 Å². The summed E-state index contributed by atoms with van der Waals surface area (Å²) in [4.78, 5) is 34.6. The topological polar surface area (TPSA) is 89.9 Å². The Morgan fingerprint density at radius 1 is 0.864 bits per heavy atom. The van der Waals surface area contributed by atoms with Crippen LogP contribution in [0.5, 0.6) is 5.75 Å². The van der Waals surface area contributed by atoms with Crippen LogP contribution in [-0.4, -0.2) is 30.1 Å². The molecule has 0 heterocycles. The molecular formula is C16H12O6. The zero-order valence-electron chi connectivity index (χ0n) is 11.6. The van der Waals surface area contributed by atoms with Gasteiger partial charge in [0.05, 0.1) is 23.8 Å². The molecule has 6 nitrogen and oxygen atoms in total. The normalized spacial score (nSPS) is 9.86. The number of carbonyl (C=O) groups is 3. The van der Waals surface area contributed by atoms with E-state index in [-0.39, 0.29) is 16.9 Å². The SMILES string of the molecule is COC(=O)c1cc(OC(=O)c2ccccc2)cc(C(=O)O)c1. The van der Waals surface area contributed by atoms with Crippen LogP contribution in [0.3, 0.4) is 0 Å². The predicted molar refractivity (Wildman–Crippen MR) is 76.1 cm³/mol. The molecule has 0 aliphatic carbocycles. The number of benzene rings is 2. The zero-order chi connectivity index (χ0) is 16.1. The molecule has 0 radical (unpaired) electrons. The molecule has 0 atom stereocenters. The van der Waals surface area contributed by atoms with E-state index in [0.29, 0.717) is 5.56 Å². The first-order valence-corrected chi connectivity index (χ1v) is 6.25. The van der Waals surface area contributed by atoms with E-state index in [4.69, 9.17) is 9.84 Å². The summed E-state index contributed by atoms with van der Waals surface area (Å²) in [5.74, 6) is -2.67. The number of esters is 2. The van der Waals surface area contributed by atoms with E-state index in [0.717, 1.165) is 12.1 Å². The van der Waals surface area contributed by atoms with Gasteiger partial charge < -0.3 is 14.6 Å². The lowest BCUT2D eigenvalue weighted by Gasteiger charge is -2.07. The minimum Gasteiger partial charge on any atom is -0.478 e. The Bertz CT molecular complexity index is 721. The summed E-state index contributed by atoms with van der Waals surface area (Å²) in [5.41, 5.74) is 0.111. The molecule has 0 aliphatic heterocycles. The maximum absolute atomic E-state index is 12.0. The van der Waals surface area contributed by atoms with Crippen LogP contribution in [0.25, 0.3) is 0 Å². The van der Waals surface area contributed by atoms with Crippen LogP contribution < -0.4 is 4.74 Å². The highest BCUT2D eigenvalue weighted by molar-refractivity contribution is 5.96. The molecule has 0 aliphatic rings. The third-order valence-corrected chi connectivity index (χ3v) is 2.79. The second-order valence-corrected chi connectivity index (χ2v) is 4.30. The summed E-state index contributed by atoms with van der Waals surface area (Å²) >= 11 is 0. The summed E-state index contributed by atoms with van der Waals surface area (Å²) < 4.78 is 9.66. The van der Waals surface area contributed by atoms with Crippen molar-refractivity contribution in [3.8, 4) is 5.75 Å². The average molecular weight is 300 g/mol. The van der Waals surface area contributed by atoms with Gasteiger partial charge in [-0.3, -0.25) is 0 Å². The van der Waals surface area contributed by atoms with Crippen LogP contribution in [0.4, 0.5) is 0 Å². The van der Waals surface area contributed by atoms with Crippen molar-refractivity contribution in [2.75, 3.05) is 7.11 Å². The number of ether oxygens (including phenoxy) is 2. The number of rotatable bonds is 4. The standard InChI is InChI=1S/C16H12O6/c1-21-15(19)12-7-11(14(17)18)8-13(9-12)22-16(20)10-5-3-2-4-6-10/h2-9H,1H3,(H,17,18). The Kier molecular flexibility index (Phi) is 4.53. The van der Waals surface area contributed by atoms with Crippen molar-refractivity contribution in [2.24, 2.45) is 0 Å². The number of carboxylic acid groups (broad SMARTS) is 1. The van der Waals surface area contributed by atoms with E-state index in [1.807, 2.05) is 0 Å². The molecule has 0 saturated carbocycles. The molecule has 2 aromatic carbocycles. The van der Waals surface area contributed by atoms with Crippen molar-refractivity contribution < 1.29 is 29.0 Å². The second-order valence-electron chi connectivity index (χ2n) is 4.30. The number of methoxy groups -OCH3 is 1. The number of hydrogen-bond donors (Lipinski definition) is 1. The van der Waals surface area contributed by atoms with E-state index in [1.54, 1.807) is 30.3 Å². The molecular weight excluding hydrogens is 288 g/mol. The van der Waals surface area contributed by atoms with Gasteiger partial charge in [0.15, 0.2) is 0 Å². The van der Waals surface area contributed by atoms with Gasteiger partial charge in [0.2, 0.25) is 0 Å². The molecule has 0 bridgehead atoms. The predicted octanol–water partition coefficient (Wildman–Crippen LogP) is 2.39. The van der Waals surface area contributed by atoms with Gasteiger partial charge in [-0.1, -0.05) is 18.2 Å². The lowest BCUT2D eigenvalue weighted by Crippen LogP contribution is -2.11. The molecule has 0 spiro atoms. The Labute approximate surface area is 125 Å². The first kappa shape index (κ1) is 15.2. The maximum Gasteiger partial charge on any atom is 0.343 e. The Balaban J connectivity index is 2.34. The summed E-state index contributed by atoms with van der Waals surface area (Å²) in [5, 5.41) is 9.05. The number of aromatic carboxylic acids is 1. The van der Waals surface area contributed by atoms with Crippen LogP contribution in [0.1, 0.15) is 31.1 Å². The lowest BCUT2D eigenvalue weighted by atomic mass is 10.1. The van der Waals surface area contributed by atoms with Crippen LogP contribution in [0.2, 0.25) is 0 Å². The van der Waals surface area contributed by atoms with Gasteiger partial charge in [0, 0.05) is 0 Å². The van der Waals surface area contributed by atoms with Gasteiger partial charge in [0.1, 0.15) is 5.75 Å². The Morgan fingerprint density at radius 3 is 2.09 bits per heavy atom. The summed E-state index contributed by atoms with van der Waals surface area (Å²) in [6, 6.07) is 11.8. The highest BCUT2D eigenvalue weighted by Gasteiger charge is 2.15. The number of carbonyl (C=O) groups excluding carboxylic acids is 2. The third kappa shape index (κ3) is 3.49. The summed E-state index contributed by atoms with van der Waals surface area (Å²) in [7, 11) is 1.17. The number of hydrogen-bond acceptors (Lipinski definition) is 5. The lowest BCUT2D eigenvalue weighted by molar-refractivity contribution is 0.0597. The first-order chi connectivity index (χ1) is 10.5. The minimum atomic E-state index is -1.25. The number of carboxylic acids is 1. The smallest absolute Gasteiger partial charge is 0.343 e. The van der Waals surface area contributed by atoms with Gasteiger partial charge in [0.25, 0.3) is 0 Å². The van der Waals surface area contributed by atoms with E-state index < -0.39 is 17.9 Å². The molecule has 2 rings (SSSR count). The van der Waals surface area contributed by atoms with Gasteiger partial charge in [-0.05, 0) is 30.3 Å². The summed E-state index contributed by atoms with van der Waals surface area (Å²) in [6.45, 7) is 0. The van der Waals surface area contributed by atoms with Crippen molar-refractivity contribution in [2.45, 2.75) is 0 Å². The minimum absolute atomic E-state index is 0.0155. The molecule has 6 heteroatoms. The molecule has 1 N–H and O–H groups in total. The van der Waals surface area contributed by atoms with Gasteiger partial charge >= 0.3 is 17.9 Å². The molecule has 22 heavy (non-hydrogen) atoms. The summed E-state index contributed by atoms with van der Waals surface area (Å²) in [6.07, 6.45) is 0. The fourth-order valence-corrected chi connectivity index (χ4v) is 1.76. The van der Waals surface area contributed by atoms with Gasteiger partial charge in [-0.25, -0.2) is 14.4 Å². The molecule has 0 fully saturated rings. The van der Waals surface area contributed by atoms with Gasteiger partial charge in [-0.15, -0.1) is 0 Å². The van der Waals surface area contributed by atoms with Gasteiger partial charge in [-0.2, -0.15) is 0 Å². The fourth-order valence-electron chi connectivity index (χ4n) is 1.76. The van der Waals surface area contributed by atoms with E-state index in [9.17, 15) is 14.4 Å². The molecule has 0 aromatic heterocycles. The fraction of sp³-hybridized carbons (Fsp3) is 0.0625. The molecule has 0 unspecified atom stereocenters. The zero-order valence-corrected chi connectivity index (χ0v) is 11.6. The van der Waals surface area contributed by atoms with Crippen LogP contribution >= 0.6 is 0 Å². The van der Waals surface area contributed by atoms with E-state index in [1.165, 1.54) is 13.2 Å². The van der Waals surface area contributed by atoms with Crippen molar-refractivity contribution >= 4 is 17.9 Å². The second kappa shape index (κ2) is 6.53. The molecule has 0 amide bonds. The van der Waals surface area contributed by atoms with E-state index in [2.05, 4.69) is 4.74 Å². The molecule has 0 saturated heterocycles. The average Bonchev–Trinajstić information content (AvgIpc) is 2.54. The highest BCUT2D eigenvalue weighted by atomic mass is 16.5. The monoisotopic (exact) mass is 300 g/mol. The highest BCUT2D eigenvalue weighted by Crippen LogP contribution is 2.19. The van der Waals surface area contributed by atoms with Crippen molar-refractivity contribution in [3.63, 3.8) is 0 Å². The largest absolute Gasteiger partial charge is 0.478 e. The van der Waals surface area contributed by atoms with Crippen molar-refractivity contribution in [1.29, 1.82) is 0 Å². The van der Waals surface area contributed by atoms with Crippen LogP contribution in [0, 0.1) is 0 Å². The molecule has 2 aromatic rings. The third-order valence-electron chi connectivity index (χ3n) is 2.79. The first-order valence-electron chi connectivity index (χ1n) is 6.25. The van der Waals surface area contributed by atoms with Crippen molar-refractivity contribution in [3.05, 3.63) is 65.2 Å². The van der Waals surface area contributed by atoms with E-state index >= 15 is 0 Å². The van der Waals surface area contributed by atoms with Crippen LogP contribution in [0.15, 0.2) is 48.5 Å². The molecule has 112 valence electrons. The van der Waals surface area contributed by atoms with Crippen LogP contribution in [-0.2, 0) is 4.74 Å². The quantitative estimate of drug-likeness (QED) is 0.688. The Morgan fingerprint density at radius 2 is 1.50 bits per heavy atom. The maximum atomic E-state index is 12.0.